The predicted molar refractivity (Wildman–Crippen MR) is 67.3 cm³/mol. The molecule has 0 atom stereocenters. The Kier molecular flexibility index (Phi) is 3.40. The number of ether oxygens (including phenoxy) is 1. The SMILES string of the molecule is CCOc1ccc(Nc2ccncc2N)cn1. The van der Waals surface area contributed by atoms with Crippen molar-refractivity contribution in [1.29, 1.82) is 0 Å². The summed E-state index contributed by atoms with van der Waals surface area (Å²) < 4.78 is 5.26. The summed E-state index contributed by atoms with van der Waals surface area (Å²) in [7, 11) is 0. The number of nitrogen functional groups attached to an aromatic ring is 1. The number of hydrogen-bond donors (Lipinski definition) is 2. The molecule has 0 aromatic carbocycles. The van der Waals surface area contributed by atoms with E-state index in [1.165, 1.54) is 0 Å². The van der Waals surface area contributed by atoms with E-state index in [1.54, 1.807) is 18.6 Å². The molecular weight excluding hydrogens is 216 g/mol. The van der Waals surface area contributed by atoms with Crippen molar-refractivity contribution in [3.05, 3.63) is 36.8 Å². The van der Waals surface area contributed by atoms with Crippen LogP contribution in [-0.2, 0) is 0 Å². The van der Waals surface area contributed by atoms with Crippen LogP contribution in [-0.4, -0.2) is 16.6 Å². The van der Waals surface area contributed by atoms with Crippen molar-refractivity contribution in [1.82, 2.24) is 9.97 Å². The number of nitrogens with zero attached hydrogens (tertiary/aromatic N) is 2. The fraction of sp³-hybridized carbons (Fsp3) is 0.167. The maximum Gasteiger partial charge on any atom is 0.213 e. The van der Waals surface area contributed by atoms with Gasteiger partial charge in [-0.1, -0.05) is 0 Å². The molecule has 5 heteroatoms. The van der Waals surface area contributed by atoms with E-state index in [0.29, 0.717) is 18.2 Å². The molecule has 2 aromatic heterocycles. The van der Waals surface area contributed by atoms with Gasteiger partial charge in [0.1, 0.15) is 0 Å². The van der Waals surface area contributed by atoms with E-state index in [1.807, 2.05) is 25.1 Å². The second-order valence-corrected chi connectivity index (χ2v) is 3.41. The third kappa shape index (κ3) is 2.84. The zero-order valence-electron chi connectivity index (χ0n) is 9.55. The van der Waals surface area contributed by atoms with Gasteiger partial charge in [0.25, 0.3) is 0 Å². The average molecular weight is 230 g/mol. The van der Waals surface area contributed by atoms with Gasteiger partial charge < -0.3 is 15.8 Å². The molecule has 0 fully saturated rings. The molecular formula is C12H14N4O. The fourth-order valence-corrected chi connectivity index (χ4v) is 1.36. The van der Waals surface area contributed by atoms with Crippen molar-refractivity contribution in [2.75, 3.05) is 17.7 Å². The van der Waals surface area contributed by atoms with Gasteiger partial charge in [0.15, 0.2) is 0 Å². The molecule has 0 amide bonds. The van der Waals surface area contributed by atoms with Crippen LogP contribution in [0.2, 0.25) is 0 Å². The molecule has 0 unspecified atom stereocenters. The second kappa shape index (κ2) is 5.16. The maximum atomic E-state index is 5.78. The molecule has 0 bridgehead atoms. The molecule has 88 valence electrons. The van der Waals surface area contributed by atoms with Crippen LogP contribution in [0.4, 0.5) is 17.1 Å². The molecule has 2 heterocycles. The quantitative estimate of drug-likeness (QED) is 0.842. The summed E-state index contributed by atoms with van der Waals surface area (Å²) in [6, 6.07) is 5.51. The van der Waals surface area contributed by atoms with Crippen LogP contribution in [0.1, 0.15) is 6.92 Å². The normalized spacial score (nSPS) is 9.94. The fourth-order valence-electron chi connectivity index (χ4n) is 1.36. The minimum atomic E-state index is 0.599. The number of pyridine rings is 2. The summed E-state index contributed by atoms with van der Waals surface area (Å²) in [6.07, 6.45) is 4.98. The van der Waals surface area contributed by atoms with Crippen molar-refractivity contribution in [2.45, 2.75) is 6.92 Å². The molecule has 0 spiro atoms. The summed E-state index contributed by atoms with van der Waals surface area (Å²) >= 11 is 0. The summed E-state index contributed by atoms with van der Waals surface area (Å²) in [4.78, 5) is 8.08. The average Bonchev–Trinajstić information content (AvgIpc) is 2.35. The lowest BCUT2D eigenvalue weighted by Gasteiger charge is -2.08. The second-order valence-electron chi connectivity index (χ2n) is 3.41. The zero-order valence-corrected chi connectivity index (χ0v) is 9.55. The van der Waals surface area contributed by atoms with E-state index in [0.717, 1.165) is 11.4 Å². The Morgan fingerprint density at radius 3 is 2.82 bits per heavy atom. The lowest BCUT2D eigenvalue weighted by Crippen LogP contribution is -1.98. The first kappa shape index (κ1) is 11.2. The van der Waals surface area contributed by atoms with Crippen molar-refractivity contribution < 1.29 is 4.74 Å². The molecule has 2 aromatic rings. The summed E-state index contributed by atoms with van der Waals surface area (Å²) in [5.74, 6) is 0.612. The lowest BCUT2D eigenvalue weighted by atomic mass is 10.3. The molecule has 0 aliphatic carbocycles. The Hall–Kier alpha value is -2.30. The first-order valence-corrected chi connectivity index (χ1v) is 5.35. The van der Waals surface area contributed by atoms with Gasteiger partial charge in [-0.25, -0.2) is 4.98 Å². The van der Waals surface area contributed by atoms with E-state index in [4.69, 9.17) is 10.5 Å². The van der Waals surface area contributed by atoms with Crippen molar-refractivity contribution >= 4 is 17.1 Å². The number of aromatic nitrogens is 2. The van der Waals surface area contributed by atoms with Gasteiger partial charge >= 0.3 is 0 Å². The third-order valence-electron chi connectivity index (χ3n) is 2.16. The molecule has 17 heavy (non-hydrogen) atoms. The van der Waals surface area contributed by atoms with E-state index >= 15 is 0 Å². The zero-order chi connectivity index (χ0) is 12.1. The molecule has 0 saturated carbocycles. The lowest BCUT2D eigenvalue weighted by molar-refractivity contribution is 0.327. The van der Waals surface area contributed by atoms with Crippen molar-refractivity contribution in [2.24, 2.45) is 0 Å². The largest absolute Gasteiger partial charge is 0.478 e. The van der Waals surface area contributed by atoms with Crippen LogP contribution >= 0.6 is 0 Å². The van der Waals surface area contributed by atoms with Crippen LogP contribution in [0.3, 0.4) is 0 Å². The Morgan fingerprint density at radius 1 is 1.29 bits per heavy atom. The van der Waals surface area contributed by atoms with Crippen LogP contribution in [0, 0.1) is 0 Å². The number of nitrogens with one attached hydrogen (secondary N) is 1. The van der Waals surface area contributed by atoms with Crippen LogP contribution in [0.15, 0.2) is 36.8 Å². The summed E-state index contributed by atoms with van der Waals surface area (Å²) in [5, 5.41) is 3.16. The summed E-state index contributed by atoms with van der Waals surface area (Å²) in [6.45, 7) is 2.53. The highest BCUT2D eigenvalue weighted by molar-refractivity contribution is 5.70. The first-order chi connectivity index (χ1) is 8.29. The Balaban J connectivity index is 2.11. The highest BCUT2D eigenvalue weighted by atomic mass is 16.5. The van der Waals surface area contributed by atoms with Gasteiger partial charge in [-0.05, 0) is 19.1 Å². The Morgan fingerprint density at radius 2 is 2.18 bits per heavy atom. The number of hydrogen-bond acceptors (Lipinski definition) is 5. The van der Waals surface area contributed by atoms with Crippen LogP contribution < -0.4 is 15.8 Å². The van der Waals surface area contributed by atoms with E-state index < -0.39 is 0 Å². The maximum absolute atomic E-state index is 5.78. The van der Waals surface area contributed by atoms with Crippen molar-refractivity contribution in [3.8, 4) is 5.88 Å². The van der Waals surface area contributed by atoms with E-state index in [9.17, 15) is 0 Å². The van der Waals surface area contributed by atoms with Gasteiger partial charge in [-0.2, -0.15) is 0 Å². The summed E-state index contributed by atoms with van der Waals surface area (Å²) in [5.41, 5.74) is 8.04. The number of anilines is 3. The molecule has 3 N–H and O–H groups in total. The highest BCUT2D eigenvalue weighted by Crippen LogP contribution is 2.21. The molecule has 0 radical (unpaired) electrons. The molecule has 5 nitrogen and oxygen atoms in total. The van der Waals surface area contributed by atoms with Crippen molar-refractivity contribution in [3.63, 3.8) is 0 Å². The van der Waals surface area contributed by atoms with Gasteiger partial charge in [-0.3, -0.25) is 4.98 Å². The molecule has 2 rings (SSSR count). The van der Waals surface area contributed by atoms with Gasteiger partial charge in [-0.15, -0.1) is 0 Å². The topological polar surface area (TPSA) is 73.1 Å². The monoisotopic (exact) mass is 230 g/mol. The number of rotatable bonds is 4. The third-order valence-corrected chi connectivity index (χ3v) is 2.16. The minimum Gasteiger partial charge on any atom is -0.478 e. The minimum absolute atomic E-state index is 0.599. The van der Waals surface area contributed by atoms with Gasteiger partial charge in [0, 0.05) is 12.3 Å². The van der Waals surface area contributed by atoms with Gasteiger partial charge in [0.2, 0.25) is 5.88 Å². The van der Waals surface area contributed by atoms with E-state index in [2.05, 4.69) is 15.3 Å². The Bertz CT molecular complexity index is 484. The van der Waals surface area contributed by atoms with Gasteiger partial charge in [0.05, 0.1) is 36.1 Å². The van der Waals surface area contributed by atoms with Crippen LogP contribution in [0.25, 0.3) is 0 Å². The van der Waals surface area contributed by atoms with Crippen LogP contribution in [0.5, 0.6) is 5.88 Å². The smallest absolute Gasteiger partial charge is 0.213 e. The standard InChI is InChI=1S/C12H14N4O/c1-2-17-12-4-3-9(7-15-12)16-11-5-6-14-8-10(11)13/h3-8H,2,13H2,1H3,(H,14,16). The van der Waals surface area contributed by atoms with E-state index in [-0.39, 0.29) is 0 Å². The highest BCUT2D eigenvalue weighted by Gasteiger charge is 2.00. The predicted octanol–water partition coefficient (Wildman–Crippen LogP) is 2.20. The molecule has 0 aliphatic rings. The number of nitrogens with two attached hydrogens (primary N) is 1. The molecule has 0 aliphatic heterocycles. The Labute approximate surface area is 99.7 Å². The first-order valence-electron chi connectivity index (χ1n) is 5.35. The molecule has 0 saturated heterocycles.